The number of anilines is 1. The van der Waals surface area contributed by atoms with Crippen LogP contribution in [0.4, 0.5) is 5.69 Å². The predicted octanol–water partition coefficient (Wildman–Crippen LogP) is 3.16. The maximum atomic E-state index is 12.7. The van der Waals surface area contributed by atoms with Gasteiger partial charge in [0.2, 0.25) is 15.9 Å². The molecule has 0 aliphatic heterocycles. The number of carbonyl (C=O) groups is 1. The van der Waals surface area contributed by atoms with Crippen LogP contribution in [0.3, 0.4) is 0 Å². The van der Waals surface area contributed by atoms with Crippen molar-refractivity contribution in [2.24, 2.45) is 0 Å². The van der Waals surface area contributed by atoms with Crippen LogP contribution in [0.25, 0.3) is 0 Å². The van der Waals surface area contributed by atoms with E-state index in [-0.39, 0.29) is 5.91 Å². The first kappa shape index (κ1) is 21.3. The van der Waals surface area contributed by atoms with Crippen LogP contribution in [0.5, 0.6) is 5.75 Å². The highest BCUT2D eigenvalue weighted by atomic mass is 32.2. The summed E-state index contributed by atoms with van der Waals surface area (Å²) >= 11 is 0. The number of sulfonamides is 1. The first-order valence-electron chi connectivity index (χ1n) is 9.33. The number of aryl methyl sites for hydroxylation is 1. The Morgan fingerprint density at radius 1 is 1.33 bits per heavy atom. The number of hydrogen-bond acceptors (Lipinski definition) is 4. The Hall–Kier alpha value is -2.02. The lowest BCUT2D eigenvalue weighted by Gasteiger charge is -2.29. The van der Waals surface area contributed by atoms with Gasteiger partial charge in [0.15, 0.2) is 0 Å². The van der Waals surface area contributed by atoms with Crippen molar-refractivity contribution in [2.75, 3.05) is 24.2 Å². The molecule has 1 N–H and O–H groups in total. The molecular weight excluding hydrogens is 364 g/mol. The minimum Gasteiger partial charge on any atom is -0.495 e. The molecule has 0 spiro atoms. The van der Waals surface area contributed by atoms with Crippen molar-refractivity contribution in [3.05, 3.63) is 35.4 Å². The summed E-state index contributed by atoms with van der Waals surface area (Å²) in [5, 5.41) is 2.88. The molecule has 1 aliphatic rings. The molecule has 1 aromatic rings. The number of nitrogens with one attached hydrogen (secondary N) is 1. The van der Waals surface area contributed by atoms with Gasteiger partial charge in [-0.3, -0.25) is 9.10 Å². The van der Waals surface area contributed by atoms with Crippen LogP contribution in [0, 0.1) is 6.92 Å². The fraction of sp³-hybridized carbons (Fsp3) is 0.550. The Kier molecular flexibility index (Phi) is 7.30. The summed E-state index contributed by atoms with van der Waals surface area (Å²) in [5.74, 6) is 0.0958. The molecule has 0 fully saturated rings. The van der Waals surface area contributed by atoms with Crippen molar-refractivity contribution >= 4 is 21.6 Å². The molecule has 1 atom stereocenters. The molecule has 6 nitrogen and oxygen atoms in total. The quantitative estimate of drug-likeness (QED) is 0.687. The summed E-state index contributed by atoms with van der Waals surface area (Å²) in [7, 11) is -2.19. The minimum atomic E-state index is -3.68. The summed E-state index contributed by atoms with van der Waals surface area (Å²) in [4.78, 5) is 12.7. The predicted molar refractivity (Wildman–Crippen MR) is 109 cm³/mol. The zero-order valence-corrected chi connectivity index (χ0v) is 17.4. The zero-order chi connectivity index (χ0) is 20.0. The standard InChI is InChI=1S/C20H30N2O4S/c1-15-10-11-19(26-3)18(14-15)22(27(4,24)25)16(2)20(23)21-13-12-17-8-6-5-7-9-17/h8,10-11,14,16H,5-7,9,12-13H2,1-4H3,(H,21,23). The van der Waals surface area contributed by atoms with Crippen LogP contribution in [0.15, 0.2) is 29.8 Å². The molecule has 0 heterocycles. The minimum absolute atomic E-state index is 0.319. The Balaban J connectivity index is 2.15. The maximum Gasteiger partial charge on any atom is 0.243 e. The number of carbonyl (C=O) groups excluding carboxylic acids is 1. The number of rotatable bonds is 8. The molecule has 0 bridgehead atoms. The van der Waals surface area contributed by atoms with Gasteiger partial charge in [-0.25, -0.2) is 8.42 Å². The van der Waals surface area contributed by atoms with E-state index < -0.39 is 16.1 Å². The number of allylic oxidation sites excluding steroid dienone is 1. The lowest BCUT2D eigenvalue weighted by Crippen LogP contribution is -2.48. The van der Waals surface area contributed by atoms with E-state index in [1.165, 1.54) is 25.5 Å². The van der Waals surface area contributed by atoms with Crippen LogP contribution >= 0.6 is 0 Å². The van der Waals surface area contributed by atoms with E-state index in [0.29, 0.717) is 18.0 Å². The van der Waals surface area contributed by atoms with Crippen molar-refractivity contribution in [2.45, 2.75) is 52.0 Å². The van der Waals surface area contributed by atoms with Crippen LogP contribution in [0.2, 0.25) is 0 Å². The summed E-state index contributed by atoms with van der Waals surface area (Å²) in [5.41, 5.74) is 2.63. The lowest BCUT2D eigenvalue weighted by atomic mass is 9.97. The average molecular weight is 395 g/mol. The molecular formula is C20H30N2O4S. The van der Waals surface area contributed by atoms with Crippen molar-refractivity contribution < 1.29 is 17.9 Å². The van der Waals surface area contributed by atoms with Crippen molar-refractivity contribution in [1.29, 1.82) is 0 Å². The Labute approximate surface area is 162 Å². The van der Waals surface area contributed by atoms with Crippen molar-refractivity contribution in [1.82, 2.24) is 5.32 Å². The van der Waals surface area contributed by atoms with Crippen molar-refractivity contribution in [3.8, 4) is 5.75 Å². The van der Waals surface area contributed by atoms with E-state index in [1.54, 1.807) is 19.1 Å². The van der Waals surface area contributed by atoms with Crippen molar-refractivity contribution in [3.63, 3.8) is 0 Å². The second-order valence-corrected chi connectivity index (χ2v) is 8.92. The van der Waals surface area contributed by atoms with Gasteiger partial charge in [-0.15, -0.1) is 0 Å². The fourth-order valence-electron chi connectivity index (χ4n) is 3.38. The molecule has 1 aliphatic carbocycles. The van der Waals surface area contributed by atoms with Gasteiger partial charge in [0.25, 0.3) is 0 Å². The second kappa shape index (κ2) is 9.26. The van der Waals surface area contributed by atoms with E-state index in [1.807, 2.05) is 13.0 Å². The van der Waals surface area contributed by atoms with Gasteiger partial charge in [0.1, 0.15) is 11.8 Å². The van der Waals surface area contributed by atoms with Crippen LogP contribution in [-0.4, -0.2) is 40.3 Å². The van der Waals surface area contributed by atoms with E-state index in [4.69, 9.17) is 4.74 Å². The molecule has 7 heteroatoms. The second-order valence-electron chi connectivity index (χ2n) is 7.06. The summed E-state index contributed by atoms with van der Waals surface area (Å²) in [6.45, 7) is 3.97. The van der Waals surface area contributed by atoms with E-state index >= 15 is 0 Å². The molecule has 150 valence electrons. The van der Waals surface area contributed by atoms with E-state index in [0.717, 1.165) is 35.4 Å². The average Bonchev–Trinajstić information content (AvgIpc) is 2.61. The SMILES string of the molecule is COc1ccc(C)cc1N(C(C)C(=O)NCCC1=CCCCC1)S(C)(=O)=O. The molecule has 2 rings (SSSR count). The van der Waals surface area contributed by atoms with Gasteiger partial charge >= 0.3 is 0 Å². The monoisotopic (exact) mass is 394 g/mol. The Morgan fingerprint density at radius 3 is 2.67 bits per heavy atom. The topological polar surface area (TPSA) is 75.7 Å². The molecule has 0 radical (unpaired) electrons. The van der Waals surface area contributed by atoms with Gasteiger partial charge in [0, 0.05) is 6.54 Å². The summed E-state index contributed by atoms with van der Waals surface area (Å²) in [6.07, 6.45) is 8.78. The zero-order valence-electron chi connectivity index (χ0n) is 16.6. The maximum absolute atomic E-state index is 12.7. The molecule has 1 aromatic carbocycles. The van der Waals surface area contributed by atoms with Crippen LogP contribution in [0.1, 0.15) is 44.6 Å². The Bertz CT molecular complexity index is 802. The smallest absolute Gasteiger partial charge is 0.243 e. The third-order valence-electron chi connectivity index (χ3n) is 4.79. The normalized spacial score (nSPS) is 15.6. The number of nitrogens with zero attached hydrogens (tertiary/aromatic N) is 1. The third kappa shape index (κ3) is 5.73. The van der Waals surface area contributed by atoms with Crippen LogP contribution in [-0.2, 0) is 14.8 Å². The lowest BCUT2D eigenvalue weighted by molar-refractivity contribution is -0.121. The number of methoxy groups -OCH3 is 1. The first-order valence-corrected chi connectivity index (χ1v) is 11.2. The van der Waals surface area contributed by atoms with Gasteiger partial charge in [-0.05, 0) is 63.6 Å². The van der Waals surface area contributed by atoms with E-state index in [2.05, 4.69) is 11.4 Å². The van der Waals surface area contributed by atoms with Gasteiger partial charge in [-0.2, -0.15) is 0 Å². The molecule has 0 aromatic heterocycles. The van der Waals surface area contributed by atoms with E-state index in [9.17, 15) is 13.2 Å². The van der Waals surface area contributed by atoms with Gasteiger partial charge in [-0.1, -0.05) is 17.7 Å². The Morgan fingerprint density at radius 2 is 2.07 bits per heavy atom. The number of amides is 1. The number of benzene rings is 1. The molecule has 0 saturated heterocycles. The molecule has 27 heavy (non-hydrogen) atoms. The summed E-state index contributed by atoms with van der Waals surface area (Å²) < 4.78 is 31.4. The number of hydrogen-bond donors (Lipinski definition) is 1. The third-order valence-corrected chi connectivity index (χ3v) is 6.02. The molecule has 1 unspecified atom stereocenters. The molecule has 1 amide bonds. The largest absolute Gasteiger partial charge is 0.495 e. The first-order chi connectivity index (χ1) is 12.7. The fourth-order valence-corrected chi connectivity index (χ4v) is 4.55. The van der Waals surface area contributed by atoms with Gasteiger partial charge in [0.05, 0.1) is 19.1 Å². The van der Waals surface area contributed by atoms with Crippen LogP contribution < -0.4 is 14.4 Å². The molecule has 0 saturated carbocycles. The number of ether oxygens (including phenoxy) is 1. The summed E-state index contributed by atoms with van der Waals surface area (Å²) in [6, 6.07) is 4.39. The highest BCUT2D eigenvalue weighted by Gasteiger charge is 2.31. The van der Waals surface area contributed by atoms with Gasteiger partial charge < -0.3 is 10.1 Å². The highest BCUT2D eigenvalue weighted by Crippen LogP contribution is 2.32. The highest BCUT2D eigenvalue weighted by molar-refractivity contribution is 7.92.